The first kappa shape index (κ1) is 18.3. The van der Waals surface area contributed by atoms with Crippen LogP contribution in [0.5, 0.6) is 0 Å². The third-order valence-corrected chi connectivity index (χ3v) is 5.71. The van der Waals surface area contributed by atoms with Crippen molar-refractivity contribution >= 4 is 33.3 Å². The summed E-state index contributed by atoms with van der Waals surface area (Å²) in [6.07, 6.45) is 2.48. The molecule has 3 aromatic rings. The van der Waals surface area contributed by atoms with Gasteiger partial charge in [0.1, 0.15) is 17.0 Å². The predicted molar refractivity (Wildman–Crippen MR) is 108 cm³/mol. The minimum atomic E-state index is 0.0748. The minimum absolute atomic E-state index is 0.0748. The summed E-state index contributed by atoms with van der Waals surface area (Å²) in [4.78, 5) is 25.0. The summed E-state index contributed by atoms with van der Waals surface area (Å²) in [6, 6.07) is 10.4. The Balaban J connectivity index is 1.84. The van der Waals surface area contributed by atoms with Gasteiger partial charge in [-0.05, 0) is 38.3 Å². The monoisotopic (exact) mass is 368 g/mol. The smallest absolute Gasteiger partial charge is 0.264 e. The standard InChI is InChI=1S/C20H24N4OS/c1-4-24(5-2)20(25)17-14(3)16-18(22-13-23-19(16)26-17)21-12-11-15-9-7-6-8-10-15/h6-10,13H,4-5,11-12H2,1-3H3,(H,21,22,23). The third-order valence-electron chi connectivity index (χ3n) is 4.52. The van der Waals surface area contributed by atoms with Gasteiger partial charge in [0, 0.05) is 19.6 Å². The minimum Gasteiger partial charge on any atom is -0.369 e. The SMILES string of the molecule is CCN(CC)C(=O)c1sc2ncnc(NCCc3ccccc3)c2c1C. The number of carbonyl (C=O) groups excluding carboxylic acids is 1. The Morgan fingerprint density at radius 2 is 1.88 bits per heavy atom. The van der Waals surface area contributed by atoms with Crippen LogP contribution < -0.4 is 5.32 Å². The van der Waals surface area contributed by atoms with Gasteiger partial charge in [0.05, 0.1) is 10.3 Å². The Morgan fingerprint density at radius 3 is 2.58 bits per heavy atom. The molecular weight excluding hydrogens is 344 g/mol. The van der Waals surface area contributed by atoms with E-state index in [1.165, 1.54) is 16.9 Å². The van der Waals surface area contributed by atoms with Crippen molar-refractivity contribution in [1.29, 1.82) is 0 Å². The van der Waals surface area contributed by atoms with Gasteiger partial charge in [-0.25, -0.2) is 9.97 Å². The van der Waals surface area contributed by atoms with Gasteiger partial charge in [-0.15, -0.1) is 11.3 Å². The van der Waals surface area contributed by atoms with Gasteiger partial charge in [0.15, 0.2) is 0 Å². The quantitative estimate of drug-likeness (QED) is 0.681. The molecule has 6 heteroatoms. The van der Waals surface area contributed by atoms with Crippen molar-refractivity contribution in [2.45, 2.75) is 27.2 Å². The Labute approximate surface area is 158 Å². The molecule has 0 saturated heterocycles. The van der Waals surface area contributed by atoms with Crippen molar-refractivity contribution in [2.75, 3.05) is 25.0 Å². The number of thiophene rings is 1. The fourth-order valence-corrected chi connectivity index (χ4v) is 4.15. The zero-order chi connectivity index (χ0) is 18.5. The summed E-state index contributed by atoms with van der Waals surface area (Å²) in [5.74, 6) is 0.879. The molecule has 0 spiro atoms. The van der Waals surface area contributed by atoms with Crippen LogP contribution in [0.25, 0.3) is 10.2 Å². The molecule has 26 heavy (non-hydrogen) atoms. The fraction of sp³-hybridized carbons (Fsp3) is 0.350. The molecule has 0 aliphatic rings. The van der Waals surface area contributed by atoms with Crippen LogP contribution in [0.4, 0.5) is 5.82 Å². The van der Waals surface area contributed by atoms with Crippen molar-refractivity contribution in [1.82, 2.24) is 14.9 Å². The predicted octanol–water partition coefficient (Wildman–Crippen LogP) is 4.14. The summed E-state index contributed by atoms with van der Waals surface area (Å²) < 4.78 is 0. The van der Waals surface area contributed by atoms with Gasteiger partial charge in [-0.1, -0.05) is 30.3 Å². The maximum Gasteiger partial charge on any atom is 0.264 e. The van der Waals surface area contributed by atoms with Crippen LogP contribution >= 0.6 is 11.3 Å². The van der Waals surface area contributed by atoms with Crippen LogP contribution in [-0.4, -0.2) is 40.4 Å². The highest BCUT2D eigenvalue weighted by Crippen LogP contribution is 2.33. The normalized spacial score (nSPS) is 10.9. The lowest BCUT2D eigenvalue weighted by Gasteiger charge is -2.17. The third kappa shape index (κ3) is 3.70. The lowest BCUT2D eigenvalue weighted by atomic mass is 10.1. The van der Waals surface area contributed by atoms with Gasteiger partial charge in [-0.2, -0.15) is 0 Å². The van der Waals surface area contributed by atoms with Crippen molar-refractivity contribution in [3.63, 3.8) is 0 Å². The van der Waals surface area contributed by atoms with E-state index >= 15 is 0 Å². The van der Waals surface area contributed by atoms with E-state index in [1.807, 2.05) is 43.9 Å². The van der Waals surface area contributed by atoms with Crippen LogP contribution in [-0.2, 0) is 6.42 Å². The number of nitrogens with zero attached hydrogens (tertiary/aromatic N) is 3. The highest BCUT2D eigenvalue weighted by Gasteiger charge is 2.22. The molecule has 0 aliphatic carbocycles. The van der Waals surface area contributed by atoms with Crippen molar-refractivity contribution in [2.24, 2.45) is 0 Å². The highest BCUT2D eigenvalue weighted by atomic mass is 32.1. The average Bonchev–Trinajstić information content (AvgIpc) is 3.01. The lowest BCUT2D eigenvalue weighted by molar-refractivity contribution is 0.0777. The van der Waals surface area contributed by atoms with Crippen molar-refractivity contribution in [3.8, 4) is 0 Å². The molecule has 136 valence electrons. The number of aryl methyl sites for hydroxylation is 1. The maximum absolute atomic E-state index is 12.8. The molecule has 1 N–H and O–H groups in total. The van der Waals surface area contributed by atoms with E-state index in [4.69, 9.17) is 0 Å². The molecule has 0 aliphatic heterocycles. The molecule has 2 aromatic heterocycles. The number of rotatable bonds is 7. The Hall–Kier alpha value is -2.47. The van der Waals surface area contributed by atoms with Gasteiger partial charge >= 0.3 is 0 Å². The van der Waals surface area contributed by atoms with E-state index in [9.17, 15) is 4.79 Å². The summed E-state index contributed by atoms with van der Waals surface area (Å²) in [6.45, 7) is 8.18. The van der Waals surface area contributed by atoms with Crippen LogP contribution in [0, 0.1) is 6.92 Å². The van der Waals surface area contributed by atoms with Crippen LogP contribution in [0.1, 0.15) is 34.6 Å². The molecular formula is C20H24N4OS. The number of hydrogen-bond acceptors (Lipinski definition) is 5. The Bertz CT molecular complexity index is 887. The second-order valence-electron chi connectivity index (χ2n) is 6.10. The van der Waals surface area contributed by atoms with Crippen molar-refractivity contribution in [3.05, 3.63) is 52.7 Å². The molecule has 3 rings (SSSR count). The van der Waals surface area contributed by atoms with Gasteiger partial charge in [-0.3, -0.25) is 4.79 Å². The van der Waals surface area contributed by atoms with E-state index in [1.54, 1.807) is 6.33 Å². The fourth-order valence-electron chi connectivity index (χ4n) is 3.03. The zero-order valence-electron chi connectivity index (χ0n) is 15.5. The summed E-state index contributed by atoms with van der Waals surface area (Å²) in [5.41, 5.74) is 2.24. The molecule has 0 bridgehead atoms. The highest BCUT2D eigenvalue weighted by molar-refractivity contribution is 7.20. The number of hydrogen-bond donors (Lipinski definition) is 1. The van der Waals surface area contributed by atoms with E-state index in [-0.39, 0.29) is 5.91 Å². The molecule has 0 atom stereocenters. The Kier molecular flexibility index (Phi) is 5.83. The largest absolute Gasteiger partial charge is 0.369 e. The molecule has 5 nitrogen and oxygen atoms in total. The summed E-state index contributed by atoms with van der Waals surface area (Å²) >= 11 is 1.45. The number of fused-ring (bicyclic) bond motifs is 1. The summed E-state index contributed by atoms with van der Waals surface area (Å²) in [5, 5.41) is 4.38. The first-order chi connectivity index (χ1) is 12.7. The Morgan fingerprint density at radius 1 is 1.15 bits per heavy atom. The number of nitrogens with one attached hydrogen (secondary N) is 1. The molecule has 0 unspecified atom stereocenters. The number of amides is 1. The number of aromatic nitrogens is 2. The van der Waals surface area contributed by atoms with Gasteiger partial charge in [0.25, 0.3) is 5.91 Å². The molecule has 0 fully saturated rings. The first-order valence-electron chi connectivity index (χ1n) is 8.96. The molecule has 0 radical (unpaired) electrons. The molecule has 0 saturated carbocycles. The topological polar surface area (TPSA) is 58.1 Å². The lowest BCUT2D eigenvalue weighted by Crippen LogP contribution is -2.30. The number of anilines is 1. The first-order valence-corrected chi connectivity index (χ1v) is 9.78. The van der Waals surface area contributed by atoms with Crippen LogP contribution in [0.2, 0.25) is 0 Å². The molecule has 1 amide bonds. The van der Waals surface area contributed by atoms with E-state index in [2.05, 4.69) is 27.4 Å². The molecule has 1 aromatic carbocycles. The number of carbonyl (C=O) groups is 1. The maximum atomic E-state index is 12.8. The van der Waals surface area contributed by atoms with E-state index in [0.29, 0.717) is 13.1 Å². The summed E-state index contributed by atoms with van der Waals surface area (Å²) in [7, 11) is 0. The number of benzene rings is 1. The average molecular weight is 369 g/mol. The van der Waals surface area contributed by atoms with Crippen molar-refractivity contribution < 1.29 is 4.79 Å². The molecule has 2 heterocycles. The van der Waals surface area contributed by atoms with E-state index in [0.717, 1.165) is 39.4 Å². The van der Waals surface area contributed by atoms with Crippen LogP contribution in [0.3, 0.4) is 0 Å². The van der Waals surface area contributed by atoms with Gasteiger partial charge < -0.3 is 10.2 Å². The second-order valence-corrected chi connectivity index (χ2v) is 7.10. The zero-order valence-corrected chi connectivity index (χ0v) is 16.3. The second kappa shape index (κ2) is 8.27. The van der Waals surface area contributed by atoms with Gasteiger partial charge in [0.2, 0.25) is 0 Å². The van der Waals surface area contributed by atoms with Crippen LogP contribution in [0.15, 0.2) is 36.7 Å². The van der Waals surface area contributed by atoms with E-state index < -0.39 is 0 Å².